The Morgan fingerprint density at radius 1 is 1.27 bits per heavy atom. The summed E-state index contributed by atoms with van der Waals surface area (Å²) in [5.41, 5.74) is 0. The van der Waals surface area contributed by atoms with Crippen molar-refractivity contribution in [2.45, 2.75) is 58.0 Å². The fourth-order valence-corrected chi connectivity index (χ4v) is 1.35. The predicted molar refractivity (Wildman–Crippen MR) is 60.8 cm³/mol. The molecule has 0 fully saturated rings. The van der Waals surface area contributed by atoms with Crippen molar-refractivity contribution in [2.24, 2.45) is 0 Å². The molecule has 0 aliphatic heterocycles. The van der Waals surface area contributed by atoms with Crippen LogP contribution in [0.1, 0.15) is 51.9 Å². The van der Waals surface area contributed by atoms with Gasteiger partial charge in [-0.25, -0.2) is 0 Å². The number of aliphatic hydroxyl groups is 1. The highest BCUT2D eigenvalue weighted by molar-refractivity contribution is 5.67. The van der Waals surface area contributed by atoms with E-state index in [0.29, 0.717) is 6.42 Å². The molecule has 0 aromatic carbocycles. The number of unbranched alkanes of at least 4 members (excludes halogenated alkanes) is 4. The Kier molecular flexibility index (Phi) is 9.18. The van der Waals surface area contributed by atoms with Crippen molar-refractivity contribution >= 4 is 5.97 Å². The molecule has 15 heavy (non-hydrogen) atoms. The highest BCUT2D eigenvalue weighted by atomic mass is 16.4. The highest BCUT2D eigenvalue weighted by Gasteiger charge is 2.06. The molecule has 3 nitrogen and oxygen atoms in total. The van der Waals surface area contributed by atoms with E-state index in [1.54, 1.807) is 0 Å². The van der Waals surface area contributed by atoms with Crippen molar-refractivity contribution in [1.82, 2.24) is 0 Å². The summed E-state index contributed by atoms with van der Waals surface area (Å²) in [7, 11) is 0. The first-order valence-electron chi connectivity index (χ1n) is 5.71. The van der Waals surface area contributed by atoms with Gasteiger partial charge in [0.15, 0.2) is 0 Å². The molecular formula is C12H22O3. The second-order valence-electron chi connectivity index (χ2n) is 3.81. The molecule has 0 saturated carbocycles. The van der Waals surface area contributed by atoms with Gasteiger partial charge in [0.25, 0.3) is 0 Å². The van der Waals surface area contributed by atoms with Crippen LogP contribution in [0.4, 0.5) is 0 Å². The van der Waals surface area contributed by atoms with Crippen LogP contribution in [0, 0.1) is 0 Å². The van der Waals surface area contributed by atoms with Crippen molar-refractivity contribution in [3.63, 3.8) is 0 Å². The summed E-state index contributed by atoms with van der Waals surface area (Å²) < 4.78 is 0. The quantitative estimate of drug-likeness (QED) is 0.458. The lowest BCUT2D eigenvalue weighted by Gasteiger charge is -2.02. The number of allylic oxidation sites excluding steroid dienone is 1. The van der Waals surface area contributed by atoms with E-state index in [-0.39, 0.29) is 6.42 Å². The Bertz CT molecular complexity index is 187. The summed E-state index contributed by atoms with van der Waals surface area (Å²) in [5, 5.41) is 17.6. The van der Waals surface area contributed by atoms with Crippen molar-refractivity contribution in [3.8, 4) is 0 Å². The topological polar surface area (TPSA) is 57.5 Å². The molecule has 0 rings (SSSR count). The average Bonchev–Trinajstić information content (AvgIpc) is 2.15. The van der Waals surface area contributed by atoms with Crippen LogP contribution < -0.4 is 0 Å². The summed E-state index contributed by atoms with van der Waals surface area (Å²) in [6.45, 7) is 2.18. The molecule has 88 valence electrons. The minimum atomic E-state index is -0.946. The lowest BCUT2D eigenvalue weighted by molar-refractivity contribution is -0.139. The second kappa shape index (κ2) is 9.71. The van der Waals surface area contributed by atoms with E-state index in [0.717, 1.165) is 6.42 Å². The molecule has 2 N–H and O–H groups in total. The van der Waals surface area contributed by atoms with E-state index in [1.807, 2.05) is 12.2 Å². The number of aliphatic hydroxyl groups excluding tert-OH is 1. The summed E-state index contributed by atoms with van der Waals surface area (Å²) in [6.07, 6.45) is 9.41. The first-order valence-corrected chi connectivity index (χ1v) is 5.71. The normalized spacial score (nSPS) is 13.2. The smallest absolute Gasteiger partial charge is 0.305 e. The SMILES string of the molecule is CCCCCC/C=C\C[C@@H](O)CC(=O)O. The first kappa shape index (κ1) is 14.2. The van der Waals surface area contributed by atoms with Gasteiger partial charge in [-0.2, -0.15) is 0 Å². The van der Waals surface area contributed by atoms with E-state index in [4.69, 9.17) is 5.11 Å². The average molecular weight is 214 g/mol. The van der Waals surface area contributed by atoms with Gasteiger partial charge < -0.3 is 10.2 Å². The lowest BCUT2D eigenvalue weighted by Crippen LogP contribution is -2.11. The summed E-state index contributed by atoms with van der Waals surface area (Å²) >= 11 is 0. The molecular weight excluding hydrogens is 192 g/mol. The molecule has 0 aromatic heterocycles. The van der Waals surface area contributed by atoms with Gasteiger partial charge in [0.2, 0.25) is 0 Å². The minimum Gasteiger partial charge on any atom is -0.481 e. The minimum absolute atomic E-state index is 0.166. The summed E-state index contributed by atoms with van der Waals surface area (Å²) in [5.74, 6) is -0.946. The maximum absolute atomic E-state index is 10.2. The standard InChI is InChI=1S/C12H22O3/c1-2-3-4-5-6-7-8-9-11(13)10-12(14)15/h7-8,11,13H,2-6,9-10H2,1H3,(H,14,15)/b8-7-/t11-/m1/s1. The summed E-state index contributed by atoms with van der Waals surface area (Å²) in [4.78, 5) is 10.2. The van der Waals surface area contributed by atoms with E-state index in [9.17, 15) is 9.90 Å². The van der Waals surface area contributed by atoms with Crippen LogP contribution in [-0.4, -0.2) is 22.3 Å². The molecule has 0 amide bonds. The van der Waals surface area contributed by atoms with Crippen LogP contribution in [0.3, 0.4) is 0 Å². The third kappa shape index (κ3) is 11.1. The van der Waals surface area contributed by atoms with Crippen LogP contribution in [-0.2, 0) is 4.79 Å². The van der Waals surface area contributed by atoms with E-state index < -0.39 is 12.1 Å². The first-order chi connectivity index (χ1) is 7.16. The molecule has 0 saturated heterocycles. The van der Waals surface area contributed by atoms with Crippen molar-refractivity contribution < 1.29 is 15.0 Å². The zero-order chi connectivity index (χ0) is 11.5. The fourth-order valence-electron chi connectivity index (χ4n) is 1.35. The lowest BCUT2D eigenvalue weighted by atomic mass is 10.1. The van der Waals surface area contributed by atoms with E-state index >= 15 is 0 Å². The molecule has 0 aliphatic carbocycles. The van der Waals surface area contributed by atoms with Gasteiger partial charge >= 0.3 is 5.97 Å². The van der Waals surface area contributed by atoms with Gasteiger partial charge in [0.05, 0.1) is 12.5 Å². The van der Waals surface area contributed by atoms with Crippen LogP contribution in [0.5, 0.6) is 0 Å². The molecule has 0 unspecified atom stereocenters. The monoisotopic (exact) mass is 214 g/mol. The van der Waals surface area contributed by atoms with Crippen LogP contribution in [0.25, 0.3) is 0 Å². The predicted octanol–water partition coefficient (Wildman–Crippen LogP) is 2.74. The molecule has 0 aliphatic rings. The number of rotatable bonds is 9. The Morgan fingerprint density at radius 2 is 2.00 bits per heavy atom. The second-order valence-corrected chi connectivity index (χ2v) is 3.81. The zero-order valence-corrected chi connectivity index (χ0v) is 9.48. The van der Waals surface area contributed by atoms with Crippen molar-refractivity contribution in [1.29, 1.82) is 0 Å². The number of hydrogen-bond acceptors (Lipinski definition) is 2. The number of aliphatic carboxylic acids is 1. The van der Waals surface area contributed by atoms with Gasteiger partial charge in [0.1, 0.15) is 0 Å². The van der Waals surface area contributed by atoms with Gasteiger partial charge in [-0.3, -0.25) is 4.79 Å². The molecule has 0 bridgehead atoms. The third-order valence-electron chi connectivity index (χ3n) is 2.21. The third-order valence-corrected chi connectivity index (χ3v) is 2.21. The summed E-state index contributed by atoms with van der Waals surface area (Å²) in [6, 6.07) is 0. The van der Waals surface area contributed by atoms with Gasteiger partial charge in [-0.15, -0.1) is 0 Å². The molecule has 0 radical (unpaired) electrons. The van der Waals surface area contributed by atoms with Crippen molar-refractivity contribution in [3.05, 3.63) is 12.2 Å². The van der Waals surface area contributed by atoms with Crippen LogP contribution >= 0.6 is 0 Å². The maximum atomic E-state index is 10.2. The van der Waals surface area contributed by atoms with Crippen LogP contribution in [0.2, 0.25) is 0 Å². The van der Waals surface area contributed by atoms with Gasteiger partial charge in [0, 0.05) is 0 Å². The van der Waals surface area contributed by atoms with E-state index in [2.05, 4.69) is 6.92 Å². The molecule has 0 spiro atoms. The Hall–Kier alpha value is -0.830. The number of carbonyl (C=O) groups is 1. The van der Waals surface area contributed by atoms with Gasteiger partial charge in [-0.1, -0.05) is 38.3 Å². The highest BCUT2D eigenvalue weighted by Crippen LogP contribution is 2.04. The Morgan fingerprint density at radius 3 is 2.60 bits per heavy atom. The zero-order valence-electron chi connectivity index (χ0n) is 9.48. The maximum Gasteiger partial charge on any atom is 0.305 e. The number of carboxylic acid groups (broad SMARTS) is 1. The Labute approximate surface area is 91.8 Å². The molecule has 0 aromatic rings. The molecule has 1 atom stereocenters. The number of carboxylic acids is 1. The molecule has 3 heteroatoms. The largest absolute Gasteiger partial charge is 0.481 e. The van der Waals surface area contributed by atoms with Crippen LogP contribution in [0.15, 0.2) is 12.2 Å². The fraction of sp³-hybridized carbons (Fsp3) is 0.750. The molecule has 0 heterocycles. The van der Waals surface area contributed by atoms with E-state index in [1.165, 1.54) is 25.7 Å². The Balaban J connectivity index is 3.33. The van der Waals surface area contributed by atoms with Crippen molar-refractivity contribution in [2.75, 3.05) is 0 Å². The van der Waals surface area contributed by atoms with Gasteiger partial charge in [-0.05, 0) is 19.3 Å². The number of hydrogen-bond donors (Lipinski definition) is 2.